The van der Waals surface area contributed by atoms with Gasteiger partial charge in [0.25, 0.3) is 0 Å². The average Bonchev–Trinajstić information content (AvgIpc) is 2.34. The molecule has 1 aliphatic carbocycles. The van der Waals surface area contributed by atoms with E-state index in [1.54, 1.807) is 6.08 Å². The number of carboxylic acid groups (broad SMARTS) is 1. The topological polar surface area (TPSA) is 49.3 Å². The van der Waals surface area contributed by atoms with Gasteiger partial charge in [-0.2, -0.15) is 0 Å². The Labute approximate surface area is 61.8 Å². The predicted octanol–water partition coefficient (Wildman–Crippen LogP) is 0.395. The molecule has 0 aromatic heterocycles. The lowest BCUT2D eigenvalue weighted by atomic mass is 10.1. The van der Waals surface area contributed by atoms with Crippen LogP contribution in [0.25, 0.3) is 0 Å². The van der Waals surface area contributed by atoms with Crippen molar-refractivity contribution in [3.63, 3.8) is 0 Å². The van der Waals surface area contributed by atoms with Gasteiger partial charge in [0.15, 0.2) is 0 Å². The highest BCUT2D eigenvalue weighted by molar-refractivity contribution is 7.13. The van der Waals surface area contributed by atoms with Crippen LogP contribution in [-0.4, -0.2) is 17.1 Å². The number of carbonyl (C=O) groups is 1. The van der Waals surface area contributed by atoms with Gasteiger partial charge in [-0.25, -0.2) is 0 Å². The van der Waals surface area contributed by atoms with Gasteiger partial charge in [0, 0.05) is 6.04 Å². The second kappa shape index (κ2) is 3.13. The fourth-order valence-electron chi connectivity index (χ4n) is 1.01. The predicted molar refractivity (Wildman–Crippen MR) is 41.5 cm³/mol. The smallest absolute Gasteiger partial charge is 0.310 e. The van der Waals surface area contributed by atoms with Crippen LogP contribution in [0.1, 0.15) is 6.42 Å². The number of hydrogen-bond acceptors (Lipinski definition) is 2. The summed E-state index contributed by atoms with van der Waals surface area (Å²) < 4.78 is 0. The lowest BCUT2D eigenvalue weighted by molar-refractivity contribution is -0.140. The van der Waals surface area contributed by atoms with Crippen molar-refractivity contribution >= 4 is 15.4 Å². The van der Waals surface area contributed by atoms with Gasteiger partial charge in [-0.05, 0) is 6.42 Å². The summed E-state index contributed by atoms with van der Waals surface area (Å²) in [6.45, 7) is 0. The molecule has 4 heteroatoms. The Morgan fingerprint density at radius 1 is 1.70 bits per heavy atom. The molecule has 10 heavy (non-hydrogen) atoms. The first kappa shape index (κ1) is 7.70. The lowest BCUT2D eigenvalue weighted by Crippen LogP contribution is -2.18. The van der Waals surface area contributed by atoms with Gasteiger partial charge in [0.2, 0.25) is 0 Å². The summed E-state index contributed by atoms with van der Waals surface area (Å²) in [4.78, 5) is 10.4. The monoisotopic (exact) mass is 159 g/mol. The normalized spacial score (nSPS) is 30.9. The summed E-state index contributed by atoms with van der Waals surface area (Å²) in [7, 11) is 2.38. The summed E-state index contributed by atoms with van der Waals surface area (Å²) in [6, 6.07) is 0.214. The van der Waals surface area contributed by atoms with Crippen LogP contribution in [0.3, 0.4) is 0 Å². The van der Waals surface area contributed by atoms with Crippen molar-refractivity contribution in [2.75, 3.05) is 0 Å². The maximum atomic E-state index is 10.4. The molecule has 0 fully saturated rings. The second-order valence-corrected chi connectivity index (χ2v) is 2.67. The molecule has 1 aliphatic rings. The molecular formula is C6H10NO2P. The lowest BCUT2D eigenvalue weighted by Gasteiger charge is -2.05. The van der Waals surface area contributed by atoms with Crippen LogP contribution in [0, 0.1) is 5.92 Å². The van der Waals surface area contributed by atoms with Crippen LogP contribution in [0.15, 0.2) is 12.2 Å². The van der Waals surface area contributed by atoms with E-state index in [0.717, 1.165) is 0 Å². The molecule has 0 heterocycles. The van der Waals surface area contributed by atoms with E-state index in [0.29, 0.717) is 6.42 Å². The van der Waals surface area contributed by atoms with Crippen molar-refractivity contribution in [1.29, 1.82) is 0 Å². The maximum Gasteiger partial charge on any atom is 0.310 e. The van der Waals surface area contributed by atoms with E-state index in [9.17, 15) is 4.79 Å². The third-order valence-corrected chi connectivity index (χ3v) is 2.04. The Hall–Kier alpha value is -0.400. The number of hydrogen-bond donors (Lipinski definition) is 2. The van der Waals surface area contributed by atoms with Crippen molar-refractivity contribution in [1.82, 2.24) is 5.09 Å². The molecule has 0 aromatic rings. The first-order valence-electron chi connectivity index (χ1n) is 3.11. The van der Waals surface area contributed by atoms with Crippen molar-refractivity contribution in [3.8, 4) is 0 Å². The van der Waals surface area contributed by atoms with Crippen molar-refractivity contribution in [2.24, 2.45) is 5.92 Å². The molecular weight excluding hydrogens is 149 g/mol. The molecule has 0 saturated carbocycles. The van der Waals surface area contributed by atoms with Crippen LogP contribution < -0.4 is 5.09 Å². The standard InChI is InChI=1S/C6H10NO2P/c8-6(9)4-1-2-5(3-4)7-10/h1-2,4-5,7H,3,10H2,(H,8,9)/t4-,5+/m1/s1. The van der Waals surface area contributed by atoms with E-state index in [4.69, 9.17) is 5.11 Å². The largest absolute Gasteiger partial charge is 0.481 e. The molecule has 3 nitrogen and oxygen atoms in total. The van der Waals surface area contributed by atoms with Crippen LogP contribution in [0.5, 0.6) is 0 Å². The molecule has 3 atom stereocenters. The van der Waals surface area contributed by atoms with E-state index in [1.807, 2.05) is 6.08 Å². The van der Waals surface area contributed by atoms with E-state index in [-0.39, 0.29) is 12.0 Å². The summed E-state index contributed by atoms with van der Waals surface area (Å²) in [5.74, 6) is -1.03. The Bertz CT molecular complexity index is 169. The average molecular weight is 159 g/mol. The van der Waals surface area contributed by atoms with Crippen LogP contribution in [-0.2, 0) is 4.79 Å². The Morgan fingerprint density at radius 2 is 2.40 bits per heavy atom. The van der Waals surface area contributed by atoms with Gasteiger partial charge in [-0.1, -0.05) is 21.5 Å². The first-order valence-corrected chi connectivity index (χ1v) is 3.69. The zero-order valence-corrected chi connectivity index (χ0v) is 6.60. The summed E-state index contributed by atoms with van der Waals surface area (Å²) >= 11 is 0. The Morgan fingerprint density at radius 3 is 2.70 bits per heavy atom. The highest BCUT2D eigenvalue weighted by Crippen LogP contribution is 2.18. The Balaban J connectivity index is 2.45. The minimum atomic E-state index is -0.737. The minimum absolute atomic E-state index is 0.214. The fourth-order valence-corrected chi connectivity index (χ4v) is 1.25. The van der Waals surface area contributed by atoms with Crippen molar-refractivity contribution < 1.29 is 9.90 Å². The molecule has 0 amide bonds. The second-order valence-electron chi connectivity index (χ2n) is 2.34. The zero-order valence-electron chi connectivity index (χ0n) is 5.45. The third kappa shape index (κ3) is 1.55. The molecule has 1 unspecified atom stereocenters. The quantitative estimate of drug-likeness (QED) is 0.452. The van der Waals surface area contributed by atoms with Crippen LogP contribution in [0.4, 0.5) is 0 Å². The third-order valence-electron chi connectivity index (χ3n) is 1.61. The van der Waals surface area contributed by atoms with Crippen LogP contribution >= 0.6 is 9.39 Å². The fraction of sp³-hybridized carbons (Fsp3) is 0.500. The highest BCUT2D eigenvalue weighted by atomic mass is 31.0. The number of carboxylic acids is 1. The molecule has 0 aliphatic heterocycles. The van der Waals surface area contributed by atoms with Gasteiger partial charge in [-0.3, -0.25) is 9.88 Å². The summed E-state index contributed by atoms with van der Waals surface area (Å²) in [5, 5.41) is 11.5. The number of aliphatic carboxylic acids is 1. The molecule has 56 valence electrons. The van der Waals surface area contributed by atoms with E-state index >= 15 is 0 Å². The zero-order chi connectivity index (χ0) is 7.56. The first-order chi connectivity index (χ1) is 4.74. The molecule has 0 aromatic carbocycles. The summed E-state index contributed by atoms with van der Waals surface area (Å²) in [6.07, 6.45) is 4.27. The highest BCUT2D eigenvalue weighted by Gasteiger charge is 2.22. The molecule has 0 saturated heterocycles. The molecule has 1 rings (SSSR count). The van der Waals surface area contributed by atoms with Gasteiger partial charge in [-0.15, -0.1) is 0 Å². The van der Waals surface area contributed by atoms with E-state index in [1.165, 1.54) is 0 Å². The van der Waals surface area contributed by atoms with Gasteiger partial charge >= 0.3 is 5.97 Å². The van der Waals surface area contributed by atoms with E-state index < -0.39 is 5.97 Å². The van der Waals surface area contributed by atoms with Crippen molar-refractivity contribution in [3.05, 3.63) is 12.2 Å². The van der Waals surface area contributed by atoms with Crippen LogP contribution in [0.2, 0.25) is 0 Å². The molecule has 0 spiro atoms. The van der Waals surface area contributed by atoms with Crippen molar-refractivity contribution in [2.45, 2.75) is 12.5 Å². The minimum Gasteiger partial charge on any atom is -0.481 e. The van der Waals surface area contributed by atoms with Gasteiger partial charge < -0.3 is 5.11 Å². The molecule has 2 N–H and O–H groups in total. The number of nitrogens with one attached hydrogen (secondary N) is 1. The molecule has 0 bridgehead atoms. The summed E-state index contributed by atoms with van der Waals surface area (Å²) in [5.41, 5.74) is 0. The van der Waals surface area contributed by atoms with Gasteiger partial charge in [0.05, 0.1) is 5.92 Å². The van der Waals surface area contributed by atoms with Gasteiger partial charge in [0.1, 0.15) is 0 Å². The maximum absolute atomic E-state index is 10.4. The van der Waals surface area contributed by atoms with E-state index in [2.05, 4.69) is 14.5 Å². The SMILES string of the molecule is O=C(O)[C@@H]1C=C[C@H](NP)C1. The Kier molecular flexibility index (Phi) is 2.41. The molecule has 0 radical (unpaired) electrons. The number of rotatable bonds is 2.